The van der Waals surface area contributed by atoms with E-state index in [-0.39, 0.29) is 5.56 Å². The second kappa shape index (κ2) is 4.18. The minimum Gasteiger partial charge on any atom is -0.313 e. The normalized spacial score (nSPS) is 14.0. The Morgan fingerprint density at radius 3 is 2.33 bits per heavy atom. The molecule has 5 heteroatoms. The Morgan fingerprint density at radius 1 is 1.27 bits per heavy atom. The van der Waals surface area contributed by atoms with E-state index in [0.717, 1.165) is 18.2 Å². The van der Waals surface area contributed by atoms with Crippen molar-refractivity contribution >= 4 is 0 Å². The van der Waals surface area contributed by atoms with E-state index in [2.05, 4.69) is 5.32 Å². The van der Waals surface area contributed by atoms with E-state index in [4.69, 9.17) is 0 Å². The first-order valence-corrected chi connectivity index (χ1v) is 4.40. The molecule has 0 saturated carbocycles. The zero-order valence-corrected chi connectivity index (χ0v) is 8.32. The Kier molecular flexibility index (Phi) is 3.34. The van der Waals surface area contributed by atoms with E-state index >= 15 is 0 Å². The van der Waals surface area contributed by atoms with Crippen molar-refractivity contribution in [3.05, 3.63) is 35.1 Å². The molecule has 0 unspecified atom stereocenters. The third-order valence-corrected chi connectivity index (χ3v) is 2.22. The third kappa shape index (κ3) is 2.68. The summed E-state index contributed by atoms with van der Waals surface area (Å²) < 4.78 is 50.2. The van der Waals surface area contributed by atoms with Crippen LogP contribution in [0.1, 0.15) is 24.1 Å². The van der Waals surface area contributed by atoms with Crippen molar-refractivity contribution in [2.75, 3.05) is 7.05 Å². The van der Waals surface area contributed by atoms with E-state index in [1.54, 1.807) is 14.0 Å². The van der Waals surface area contributed by atoms with Gasteiger partial charge < -0.3 is 5.32 Å². The summed E-state index contributed by atoms with van der Waals surface area (Å²) in [4.78, 5) is 0. The fourth-order valence-electron chi connectivity index (χ4n) is 1.21. The van der Waals surface area contributed by atoms with Gasteiger partial charge in [0.1, 0.15) is 5.82 Å². The first-order valence-electron chi connectivity index (χ1n) is 4.40. The van der Waals surface area contributed by atoms with Gasteiger partial charge in [0.2, 0.25) is 0 Å². The lowest BCUT2D eigenvalue weighted by molar-refractivity contribution is -0.137. The standard InChI is InChI=1S/C10H11F4N/c1-6(15-2)8-5-7(10(12,13)14)3-4-9(8)11/h3-6,15H,1-2H3/t6-/m1/s1. The highest BCUT2D eigenvalue weighted by Crippen LogP contribution is 2.31. The van der Waals surface area contributed by atoms with Gasteiger partial charge in [-0.15, -0.1) is 0 Å². The maximum Gasteiger partial charge on any atom is 0.416 e. The highest BCUT2D eigenvalue weighted by Gasteiger charge is 2.31. The number of nitrogens with one attached hydrogen (secondary N) is 1. The van der Waals surface area contributed by atoms with Gasteiger partial charge in [0.25, 0.3) is 0 Å². The molecule has 0 amide bonds. The molecule has 0 fully saturated rings. The quantitative estimate of drug-likeness (QED) is 0.756. The lowest BCUT2D eigenvalue weighted by Crippen LogP contribution is -2.15. The van der Waals surface area contributed by atoms with E-state index < -0.39 is 23.6 Å². The largest absolute Gasteiger partial charge is 0.416 e. The summed E-state index contributed by atoms with van der Waals surface area (Å²) in [6.07, 6.45) is -4.43. The van der Waals surface area contributed by atoms with Gasteiger partial charge >= 0.3 is 6.18 Å². The molecule has 1 aromatic rings. The first-order chi connectivity index (χ1) is 6.86. The summed E-state index contributed by atoms with van der Waals surface area (Å²) in [7, 11) is 1.56. The summed E-state index contributed by atoms with van der Waals surface area (Å²) in [5.41, 5.74) is -0.812. The molecule has 0 bridgehead atoms. The molecular weight excluding hydrogens is 210 g/mol. The molecular formula is C10H11F4N. The summed E-state index contributed by atoms with van der Waals surface area (Å²) in [6.45, 7) is 1.60. The zero-order chi connectivity index (χ0) is 11.6. The topological polar surface area (TPSA) is 12.0 Å². The third-order valence-electron chi connectivity index (χ3n) is 2.22. The molecule has 0 aliphatic rings. The predicted molar refractivity (Wildman–Crippen MR) is 48.9 cm³/mol. The molecule has 15 heavy (non-hydrogen) atoms. The number of rotatable bonds is 2. The summed E-state index contributed by atoms with van der Waals surface area (Å²) in [6, 6.07) is 1.95. The Balaban J connectivity index is 3.17. The summed E-state index contributed by atoms with van der Waals surface area (Å²) in [5.74, 6) is -0.634. The number of halogens is 4. The average Bonchev–Trinajstić information content (AvgIpc) is 2.15. The molecule has 1 nitrogen and oxygen atoms in total. The lowest BCUT2D eigenvalue weighted by atomic mass is 10.0. The van der Waals surface area contributed by atoms with E-state index in [1.807, 2.05) is 0 Å². The Labute approximate surface area is 85.1 Å². The lowest BCUT2D eigenvalue weighted by Gasteiger charge is -2.14. The second-order valence-electron chi connectivity index (χ2n) is 3.24. The van der Waals surface area contributed by atoms with Crippen LogP contribution in [0.15, 0.2) is 18.2 Å². The SMILES string of the molecule is CN[C@H](C)c1cc(C(F)(F)F)ccc1F. The van der Waals surface area contributed by atoms with Crippen LogP contribution in [0.2, 0.25) is 0 Å². The molecule has 0 heterocycles. The van der Waals surface area contributed by atoms with E-state index in [9.17, 15) is 17.6 Å². The molecule has 0 aliphatic heterocycles. The number of alkyl halides is 3. The number of hydrogen-bond donors (Lipinski definition) is 1. The maximum atomic E-state index is 13.2. The average molecular weight is 221 g/mol. The molecule has 0 spiro atoms. The molecule has 0 radical (unpaired) electrons. The Morgan fingerprint density at radius 2 is 1.87 bits per heavy atom. The molecule has 1 rings (SSSR count). The van der Waals surface area contributed by atoms with Crippen molar-refractivity contribution in [1.29, 1.82) is 0 Å². The fraction of sp³-hybridized carbons (Fsp3) is 0.400. The summed E-state index contributed by atoms with van der Waals surface area (Å²) in [5, 5.41) is 2.69. The molecule has 1 atom stereocenters. The minimum atomic E-state index is -4.43. The van der Waals surface area contributed by atoms with Crippen molar-refractivity contribution in [3.8, 4) is 0 Å². The van der Waals surface area contributed by atoms with Crippen LogP contribution in [0.25, 0.3) is 0 Å². The van der Waals surface area contributed by atoms with Crippen LogP contribution < -0.4 is 5.32 Å². The van der Waals surface area contributed by atoms with E-state index in [0.29, 0.717) is 0 Å². The van der Waals surface area contributed by atoms with Gasteiger partial charge in [0.15, 0.2) is 0 Å². The van der Waals surface area contributed by atoms with Crippen LogP contribution in [0.5, 0.6) is 0 Å². The molecule has 0 aromatic heterocycles. The fourth-order valence-corrected chi connectivity index (χ4v) is 1.21. The van der Waals surface area contributed by atoms with Crippen molar-refractivity contribution < 1.29 is 17.6 Å². The monoisotopic (exact) mass is 221 g/mol. The summed E-state index contributed by atoms with van der Waals surface area (Å²) >= 11 is 0. The molecule has 84 valence electrons. The molecule has 0 aliphatic carbocycles. The Hall–Kier alpha value is -1.10. The van der Waals surface area contributed by atoms with Gasteiger partial charge in [0, 0.05) is 11.6 Å². The first kappa shape index (κ1) is 12.0. The highest BCUT2D eigenvalue weighted by atomic mass is 19.4. The molecule has 1 aromatic carbocycles. The van der Waals surface area contributed by atoms with Crippen LogP contribution in [0.3, 0.4) is 0 Å². The zero-order valence-electron chi connectivity index (χ0n) is 8.32. The van der Waals surface area contributed by atoms with Crippen LogP contribution >= 0.6 is 0 Å². The van der Waals surface area contributed by atoms with Crippen LogP contribution in [0.4, 0.5) is 17.6 Å². The molecule has 0 saturated heterocycles. The van der Waals surface area contributed by atoms with Gasteiger partial charge in [-0.2, -0.15) is 13.2 Å². The van der Waals surface area contributed by atoms with E-state index in [1.165, 1.54) is 0 Å². The predicted octanol–water partition coefficient (Wildman–Crippen LogP) is 3.12. The Bertz CT molecular complexity index is 346. The number of hydrogen-bond acceptors (Lipinski definition) is 1. The van der Waals surface area contributed by atoms with Crippen LogP contribution in [-0.2, 0) is 6.18 Å². The highest BCUT2D eigenvalue weighted by molar-refractivity contribution is 5.29. The van der Waals surface area contributed by atoms with Gasteiger partial charge in [-0.05, 0) is 32.2 Å². The van der Waals surface area contributed by atoms with Crippen LogP contribution in [-0.4, -0.2) is 7.05 Å². The van der Waals surface area contributed by atoms with Crippen molar-refractivity contribution in [1.82, 2.24) is 5.32 Å². The van der Waals surface area contributed by atoms with Crippen LogP contribution in [0, 0.1) is 5.82 Å². The van der Waals surface area contributed by atoms with Gasteiger partial charge in [-0.3, -0.25) is 0 Å². The molecule has 1 N–H and O–H groups in total. The second-order valence-corrected chi connectivity index (χ2v) is 3.24. The maximum absolute atomic E-state index is 13.2. The number of benzene rings is 1. The van der Waals surface area contributed by atoms with Crippen molar-refractivity contribution in [2.45, 2.75) is 19.1 Å². The van der Waals surface area contributed by atoms with Gasteiger partial charge in [-0.25, -0.2) is 4.39 Å². The van der Waals surface area contributed by atoms with Gasteiger partial charge in [0.05, 0.1) is 5.56 Å². The van der Waals surface area contributed by atoms with Crippen molar-refractivity contribution in [2.24, 2.45) is 0 Å². The van der Waals surface area contributed by atoms with Gasteiger partial charge in [-0.1, -0.05) is 0 Å². The minimum absolute atomic E-state index is 0.0207. The van der Waals surface area contributed by atoms with Crippen molar-refractivity contribution in [3.63, 3.8) is 0 Å². The smallest absolute Gasteiger partial charge is 0.313 e.